The van der Waals surface area contributed by atoms with Gasteiger partial charge in [0.05, 0.1) is 12.2 Å². The predicted molar refractivity (Wildman–Crippen MR) is 79.8 cm³/mol. The quantitative estimate of drug-likeness (QED) is 0.766. The maximum atomic E-state index is 12.8. The lowest BCUT2D eigenvalue weighted by atomic mass is 10.3. The van der Waals surface area contributed by atoms with E-state index >= 15 is 0 Å². The van der Waals surface area contributed by atoms with Gasteiger partial charge in [0.25, 0.3) is 6.08 Å². The van der Waals surface area contributed by atoms with Crippen LogP contribution in [0.5, 0.6) is 0 Å². The van der Waals surface area contributed by atoms with Gasteiger partial charge < -0.3 is 10.8 Å². The van der Waals surface area contributed by atoms with Crippen molar-refractivity contribution in [1.29, 1.82) is 0 Å². The first-order chi connectivity index (χ1) is 12.5. The standard InChI is InChI=1S/C12H11F3N4O.C2HF3O2/c13-9-1-3-10(4-2-9)18-7-17-19(12(18)20)6-8(5-16)11(14)15;3-2(4,5)1(6)7/h1-4,7H,5-6,16H2;(H,6,7). The molecule has 0 aliphatic heterocycles. The highest BCUT2D eigenvalue weighted by Crippen LogP contribution is 2.13. The predicted octanol–water partition coefficient (Wildman–Crippen LogP) is 1.92. The monoisotopic (exact) mass is 398 g/mol. The Labute approximate surface area is 146 Å². The van der Waals surface area contributed by atoms with Gasteiger partial charge in [0.1, 0.15) is 12.1 Å². The van der Waals surface area contributed by atoms with Crippen molar-refractivity contribution >= 4 is 5.97 Å². The molecule has 0 fully saturated rings. The summed E-state index contributed by atoms with van der Waals surface area (Å²) in [6, 6.07) is 5.15. The summed E-state index contributed by atoms with van der Waals surface area (Å²) in [6.07, 6.45) is -5.82. The molecule has 13 heteroatoms. The number of hydrogen-bond acceptors (Lipinski definition) is 4. The molecule has 0 saturated carbocycles. The molecule has 0 spiro atoms. The fraction of sp³-hybridized carbons (Fsp3) is 0.214. The molecule has 0 aliphatic rings. The number of nitrogens with zero attached hydrogens (tertiary/aromatic N) is 3. The Balaban J connectivity index is 0.000000445. The molecule has 148 valence electrons. The zero-order valence-corrected chi connectivity index (χ0v) is 13.3. The average molecular weight is 398 g/mol. The number of aromatic nitrogens is 3. The van der Waals surface area contributed by atoms with E-state index in [1.165, 1.54) is 30.6 Å². The third-order valence-electron chi connectivity index (χ3n) is 2.93. The Kier molecular flexibility index (Phi) is 7.34. The molecule has 1 heterocycles. The van der Waals surface area contributed by atoms with E-state index in [0.717, 1.165) is 9.25 Å². The van der Waals surface area contributed by atoms with Gasteiger partial charge >= 0.3 is 17.8 Å². The minimum Gasteiger partial charge on any atom is -0.475 e. The third-order valence-corrected chi connectivity index (χ3v) is 2.93. The molecule has 3 N–H and O–H groups in total. The fourth-order valence-electron chi connectivity index (χ4n) is 1.61. The Morgan fingerprint density at radius 2 is 1.70 bits per heavy atom. The van der Waals surface area contributed by atoms with Gasteiger partial charge in [0.2, 0.25) is 0 Å². The summed E-state index contributed by atoms with van der Waals surface area (Å²) >= 11 is 0. The highest BCUT2D eigenvalue weighted by molar-refractivity contribution is 5.73. The van der Waals surface area contributed by atoms with Crippen molar-refractivity contribution in [2.45, 2.75) is 12.7 Å². The van der Waals surface area contributed by atoms with Crippen molar-refractivity contribution in [2.75, 3.05) is 6.54 Å². The molecule has 1 aromatic heterocycles. The zero-order chi connectivity index (χ0) is 20.8. The van der Waals surface area contributed by atoms with Crippen molar-refractivity contribution in [3.05, 3.63) is 58.5 Å². The van der Waals surface area contributed by atoms with E-state index < -0.39 is 29.7 Å². The summed E-state index contributed by atoms with van der Waals surface area (Å²) in [6.45, 7) is -0.746. The number of alkyl halides is 3. The van der Waals surface area contributed by atoms with Crippen LogP contribution >= 0.6 is 0 Å². The van der Waals surface area contributed by atoms with E-state index in [-0.39, 0.29) is 18.7 Å². The molecule has 2 aromatic rings. The minimum absolute atomic E-state index is 0.363. The Morgan fingerprint density at radius 3 is 2.11 bits per heavy atom. The molecular formula is C14H12F6N4O3. The fourth-order valence-corrected chi connectivity index (χ4v) is 1.61. The molecule has 7 nitrogen and oxygen atoms in total. The summed E-state index contributed by atoms with van der Waals surface area (Å²) in [7, 11) is 0. The van der Waals surface area contributed by atoms with Crippen LogP contribution in [-0.2, 0) is 11.3 Å². The number of halogens is 6. The molecule has 0 aliphatic carbocycles. The molecule has 0 saturated heterocycles. The van der Waals surface area contributed by atoms with Crippen molar-refractivity contribution in [3.8, 4) is 5.69 Å². The summed E-state index contributed by atoms with van der Waals surface area (Å²) in [5, 5.41) is 10.9. The second-order valence-electron chi connectivity index (χ2n) is 4.79. The first-order valence-corrected chi connectivity index (χ1v) is 6.91. The lowest BCUT2D eigenvalue weighted by Gasteiger charge is -2.02. The largest absolute Gasteiger partial charge is 0.490 e. The van der Waals surface area contributed by atoms with Gasteiger partial charge in [0, 0.05) is 12.1 Å². The number of carboxylic acid groups (broad SMARTS) is 1. The van der Waals surface area contributed by atoms with Crippen LogP contribution < -0.4 is 11.4 Å². The number of carboxylic acids is 1. The van der Waals surface area contributed by atoms with Gasteiger partial charge in [-0.15, -0.1) is 0 Å². The highest BCUT2D eigenvalue weighted by Gasteiger charge is 2.38. The van der Waals surface area contributed by atoms with E-state index in [2.05, 4.69) is 5.10 Å². The molecule has 2 rings (SSSR count). The maximum absolute atomic E-state index is 12.8. The van der Waals surface area contributed by atoms with Crippen LogP contribution in [0, 0.1) is 5.82 Å². The Bertz CT molecular complexity index is 866. The Morgan fingerprint density at radius 1 is 1.19 bits per heavy atom. The van der Waals surface area contributed by atoms with Gasteiger partial charge in [0.15, 0.2) is 0 Å². The minimum atomic E-state index is -5.08. The van der Waals surface area contributed by atoms with Gasteiger partial charge in [-0.2, -0.15) is 27.1 Å². The van der Waals surface area contributed by atoms with Gasteiger partial charge in [-0.1, -0.05) is 0 Å². The third kappa shape index (κ3) is 6.29. The lowest BCUT2D eigenvalue weighted by Crippen LogP contribution is -2.26. The van der Waals surface area contributed by atoms with Crippen LogP contribution in [0.3, 0.4) is 0 Å². The van der Waals surface area contributed by atoms with E-state index in [1.54, 1.807) is 0 Å². The van der Waals surface area contributed by atoms with E-state index in [1.807, 2.05) is 0 Å². The van der Waals surface area contributed by atoms with Crippen LogP contribution in [0.2, 0.25) is 0 Å². The average Bonchev–Trinajstić information content (AvgIpc) is 2.93. The second kappa shape index (κ2) is 9.02. The van der Waals surface area contributed by atoms with E-state index in [4.69, 9.17) is 15.6 Å². The second-order valence-corrected chi connectivity index (χ2v) is 4.79. The van der Waals surface area contributed by atoms with Crippen molar-refractivity contribution in [1.82, 2.24) is 14.3 Å². The Hall–Kier alpha value is -3.09. The number of hydrogen-bond donors (Lipinski definition) is 2. The van der Waals surface area contributed by atoms with E-state index in [9.17, 15) is 31.1 Å². The molecule has 1 aromatic carbocycles. The molecule has 0 radical (unpaired) electrons. The topological polar surface area (TPSA) is 103 Å². The molecule has 0 bridgehead atoms. The van der Waals surface area contributed by atoms with Crippen LogP contribution in [-0.4, -0.2) is 38.1 Å². The number of aliphatic carboxylic acids is 1. The van der Waals surface area contributed by atoms with Gasteiger partial charge in [-0.05, 0) is 24.3 Å². The summed E-state index contributed by atoms with van der Waals surface area (Å²) in [4.78, 5) is 20.9. The van der Waals surface area contributed by atoms with Crippen LogP contribution in [0.25, 0.3) is 5.69 Å². The van der Waals surface area contributed by atoms with Gasteiger partial charge in [-0.3, -0.25) is 0 Å². The molecule has 27 heavy (non-hydrogen) atoms. The summed E-state index contributed by atoms with van der Waals surface area (Å²) in [5.74, 6) is -3.20. The molecule has 0 amide bonds. The van der Waals surface area contributed by atoms with Crippen molar-refractivity contribution in [3.63, 3.8) is 0 Å². The smallest absolute Gasteiger partial charge is 0.475 e. The normalized spacial score (nSPS) is 10.8. The van der Waals surface area contributed by atoms with E-state index in [0.29, 0.717) is 5.69 Å². The van der Waals surface area contributed by atoms with Crippen molar-refractivity contribution < 1.29 is 36.2 Å². The molecule has 0 atom stereocenters. The SMILES string of the molecule is NCC(Cn1ncn(-c2ccc(F)cc2)c1=O)=C(F)F.O=C(O)C(F)(F)F. The number of benzene rings is 1. The van der Waals surface area contributed by atoms with Crippen molar-refractivity contribution in [2.24, 2.45) is 5.73 Å². The molecule has 0 unspecified atom stereocenters. The van der Waals surface area contributed by atoms with Gasteiger partial charge in [-0.25, -0.2) is 23.2 Å². The maximum Gasteiger partial charge on any atom is 0.490 e. The first-order valence-electron chi connectivity index (χ1n) is 6.91. The number of rotatable bonds is 4. The van der Waals surface area contributed by atoms with Crippen LogP contribution in [0.4, 0.5) is 26.3 Å². The van der Waals surface area contributed by atoms with Crippen LogP contribution in [0.15, 0.2) is 47.0 Å². The highest BCUT2D eigenvalue weighted by atomic mass is 19.4. The molecular weight excluding hydrogens is 386 g/mol. The summed E-state index contributed by atoms with van der Waals surface area (Å²) in [5.41, 5.74) is 4.60. The van der Waals surface area contributed by atoms with Crippen LogP contribution in [0.1, 0.15) is 0 Å². The lowest BCUT2D eigenvalue weighted by molar-refractivity contribution is -0.192. The number of carbonyl (C=O) groups is 1. The zero-order valence-electron chi connectivity index (χ0n) is 13.3. The summed E-state index contributed by atoms with van der Waals surface area (Å²) < 4.78 is 71.5. The first kappa shape index (κ1) is 22.0. The number of nitrogens with two attached hydrogens (primary N) is 1.